The molecule has 2 rings (SSSR count). The van der Waals surface area contributed by atoms with Crippen LogP contribution in [0, 0.1) is 12.0 Å². The second-order valence-electron chi connectivity index (χ2n) is 5.19. The minimum absolute atomic E-state index is 0.0323. The Kier molecular flexibility index (Phi) is 3.01. The summed E-state index contributed by atoms with van der Waals surface area (Å²) in [7, 11) is 0. The fourth-order valence-corrected chi connectivity index (χ4v) is 1.53. The van der Waals surface area contributed by atoms with E-state index >= 15 is 0 Å². The highest BCUT2D eigenvalue weighted by Gasteiger charge is 2.16. The minimum atomic E-state index is -0.214. The lowest BCUT2D eigenvalue weighted by molar-refractivity contribution is 0.544. The summed E-state index contributed by atoms with van der Waals surface area (Å²) < 4.78 is 14.5. The molecule has 2 nitrogen and oxygen atoms in total. The third-order valence-electron chi connectivity index (χ3n) is 2.59. The van der Waals surface area contributed by atoms with Gasteiger partial charge in [-0.3, -0.25) is 4.68 Å². The molecule has 0 saturated carbocycles. The van der Waals surface area contributed by atoms with E-state index in [0.717, 1.165) is 11.3 Å². The molecule has 1 radical (unpaired) electrons. The zero-order chi connectivity index (χ0) is 12.5. The first-order valence-corrected chi connectivity index (χ1v) is 5.65. The van der Waals surface area contributed by atoms with Crippen molar-refractivity contribution in [2.45, 2.75) is 32.7 Å². The average Bonchev–Trinajstić information content (AvgIpc) is 2.69. The van der Waals surface area contributed by atoms with E-state index in [9.17, 15) is 4.39 Å². The fourth-order valence-electron chi connectivity index (χ4n) is 1.53. The number of hydrogen-bond donors (Lipinski definition) is 0. The summed E-state index contributed by atoms with van der Waals surface area (Å²) in [5.74, 6) is -0.214. The van der Waals surface area contributed by atoms with Crippen LogP contribution in [0.25, 0.3) is 0 Å². The maximum atomic E-state index is 12.8. The van der Waals surface area contributed by atoms with Crippen LogP contribution in [-0.2, 0) is 12.0 Å². The van der Waals surface area contributed by atoms with Crippen molar-refractivity contribution in [1.29, 1.82) is 0 Å². The summed E-state index contributed by atoms with van der Waals surface area (Å²) in [6, 6.07) is 8.36. The van der Waals surface area contributed by atoms with E-state index in [1.807, 2.05) is 6.07 Å². The highest BCUT2D eigenvalue weighted by atomic mass is 19.1. The summed E-state index contributed by atoms with van der Waals surface area (Å²) in [6.45, 7) is 6.97. The van der Waals surface area contributed by atoms with E-state index in [2.05, 4.69) is 32.1 Å². The highest BCUT2D eigenvalue weighted by molar-refractivity contribution is 5.17. The molecule has 17 heavy (non-hydrogen) atoms. The lowest BCUT2D eigenvalue weighted by Crippen LogP contribution is -2.13. The molecule has 3 heteroatoms. The molecular formula is C14H16FN2. The van der Waals surface area contributed by atoms with Gasteiger partial charge in [0.1, 0.15) is 5.82 Å². The van der Waals surface area contributed by atoms with Gasteiger partial charge in [0.05, 0.1) is 18.4 Å². The Morgan fingerprint density at radius 1 is 1.24 bits per heavy atom. The van der Waals surface area contributed by atoms with Crippen molar-refractivity contribution in [2.75, 3.05) is 0 Å². The van der Waals surface area contributed by atoms with Crippen molar-refractivity contribution >= 4 is 0 Å². The third-order valence-corrected chi connectivity index (χ3v) is 2.59. The quantitative estimate of drug-likeness (QED) is 0.776. The van der Waals surface area contributed by atoms with Crippen LogP contribution in [0.3, 0.4) is 0 Å². The predicted molar refractivity (Wildman–Crippen MR) is 65.3 cm³/mol. The van der Waals surface area contributed by atoms with Crippen molar-refractivity contribution in [3.8, 4) is 0 Å². The molecule has 1 heterocycles. The molecule has 0 spiro atoms. The molecule has 0 fully saturated rings. The van der Waals surface area contributed by atoms with Crippen LogP contribution >= 0.6 is 0 Å². The Bertz CT molecular complexity index is 492. The van der Waals surface area contributed by atoms with Gasteiger partial charge in [0.25, 0.3) is 0 Å². The smallest absolute Gasteiger partial charge is 0.123 e. The van der Waals surface area contributed by atoms with Gasteiger partial charge >= 0.3 is 0 Å². The van der Waals surface area contributed by atoms with E-state index < -0.39 is 0 Å². The third kappa shape index (κ3) is 2.93. The molecule has 0 unspecified atom stereocenters. The first-order valence-electron chi connectivity index (χ1n) is 5.65. The minimum Gasteiger partial charge on any atom is -0.259 e. The summed E-state index contributed by atoms with van der Waals surface area (Å²) >= 11 is 0. The van der Waals surface area contributed by atoms with Crippen LogP contribution < -0.4 is 0 Å². The standard InChI is InChI=1S/C14H16FN2/c1-14(2,3)13-8-9-17(16-13)10-11-4-6-12(15)7-5-11/h4-8H,10H2,1-3H3. The molecule has 1 aromatic heterocycles. The summed E-state index contributed by atoms with van der Waals surface area (Å²) in [4.78, 5) is 0. The van der Waals surface area contributed by atoms with Gasteiger partial charge in [-0.05, 0) is 23.8 Å². The van der Waals surface area contributed by atoms with Gasteiger partial charge in [-0.15, -0.1) is 0 Å². The van der Waals surface area contributed by atoms with Crippen molar-refractivity contribution in [1.82, 2.24) is 9.78 Å². The molecule has 1 aromatic carbocycles. The molecule has 0 N–H and O–H groups in total. The highest BCUT2D eigenvalue weighted by Crippen LogP contribution is 2.19. The Hall–Kier alpha value is -1.64. The molecule has 2 aromatic rings. The second kappa shape index (κ2) is 4.32. The zero-order valence-electron chi connectivity index (χ0n) is 10.4. The maximum Gasteiger partial charge on any atom is 0.123 e. The first kappa shape index (κ1) is 11.8. The van der Waals surface area contributed by atoms with Gasteiger partial charge in [-0.2, -0.15) is 5.10 Å². The maximum absolute atomic E-state index is 12.8. The van der Waals surface area contributed by atoms with Crippen LogP contribution in [0.2, 0.25) is 0 Å². The van der Waals surface area contributed by atoms with Crippen molar-refractivity contribution in [3.05, 3.63) is 53.6 Å². The van der Waals surface area contributed by atoms with Crippen LogP contribution in [0.4, 0.5) is 4.39 Å². The Balaban J connectivity index is 2.14. The summed E-state index contributed by atoms with van der Waals surface area (Å²) in [5.41, 5.74) is 2.07. The lowest BCUT2D eigenvalue weighted by atomic mass is 9.93. The molecule has 0 atom stereocenters. The number of rotatable bonds is 2. The number of benzene rings is 1. The monoisotopic (exact) mass is 231 g/mol. The molecular weight excluding hydrogens is 215 g/mol. The van der Waals surface area contributed by atoms with Crippen molar-refractivity contribution in [3.63, 3.8) is 0 Å². The first-order chi connectivity index (χ1) is 7.95. The summed E-state index contributed by atoms with van der Waals surface area (Å²) in [6.07, 6.45) is 3.09. The normalized spacial score (nSPS) is 11.8. The van der Waals surface area contributed by atoms with E-state index in [1.165, 1.54) is 12.1 Å². The molecule has 0 aliphatic carbocycles. The number of aromatic nitrogens is 2. The van der Waals surface area contributed by atoms with Crippen LogP contribution in [0.5, 0.6) is 0 Å². The Morgan fingerprint density at radius 2 is 1.88 bits per heavy atom. The van der Waals surface area contributed by atoms with E-state index in [1.54, 1.807) is 16.8 Å². The number of halogens is 1. The predicted octanol–water partition coefficient (Wildman–Crippen LogP) is 3.17. The Morgan fingerprint density at radius 3 is 2.41 bits per heavy atom. The second-order valence-corrected chi connectivity index (χ2v) is 5.19. The van der Waals surface area contributed by atoms with E-state index in [4.69, 9.17) is 0 Å². The molecule has 0 aliphatic rings. The summed E-state index contributed by atoms with van der Waals surface area (Å²) in [5, 5.41) is 4.47. The molecule has 0 amide bonds. The number of nitrogens with zero attached hydrogens (tertiary/aromatic N) is 2. The van der Waals surface area contributed by atoms with Crippen LogP contribution in [0.1, 0.15) is 32.0 Å². The van der Waals surface area contributed by atoms with Gasteiger partial charge in [0, 0.05) is 5.41 Å². The zero-order valence-corrected chi connectivity index (χ0v) is 10.4. The average molecular weight is 231 g/mol. The molecule has 89 valence electrons. The molecule has 0 saturated heterocycles. The van der Waals surface area contributed by atoms with Gasteiger partial charge in [0.2, 0.25) is 0 Å². The molecule has 0 aliphatic heterocycles. The van der Waals surface area contributed by atoms with Gasteiger partial charge in [-0.25, -0.2) is 4.39 Å². The topological polar surface area (TPSA) is 17.8 Å². The van der Waals surface area contributed by atoms with Crippen LogP contribution in [0.15, 0.2) is 30.3 Å². The van der Waals surface area contributed by atoms with Gasteiger partial charge < -0.3 is 0 Å². The SMILES string of the molecule is CC(C)(C)c1c[c]n(Cc2ccc(F)cc2)n1. The largest absolute Gasteiger partial charge is 0.259 e. The van der Waals surface area contributed by atoms with Crippen molar-refractivity contribution < 1.29 is 4.39 Å². The lowest BCUT2D eigenvalue weighted by Gasteiger charge is -2.14. The fraction of sp³-hybridized carbons (Fsp3) is 0.357. The number of hydrogen-bond acceptors (Lipinski definition) is 1. The molecule has 0 bridgehead atoms. The Labute approximate surface area is 101 Å². The van der Waals surface area contributed by atoms with Crippen LogP contribution in [-0.4, -0.2) is 9.78 Å². The van der Waals surface area contributed by atoms with Crippen molar-refractivity contribution in [2.24, 2.45) is 0 Å². The van der Waals surface area contributed by atoms with E-state index in [0.29, 0.717) is 6.54 Å². The van der Waals surface area contributed by atoms with E-state index in [-0.39, 0.29) is 11.2 Å². The van der Waals surface area contributed by atoms with Gasteiger partial charge in [-0.1, -0.05) is 32.9 Å². The van der Waals surface area contributed by atoms with Gasteiger partial charge in [0.15, 0.2) is 0 Å².